The molecule has 1 aliphatic heterocycles. The van der Waals surface area contributed by atoms with Gasteiger partial charge in [0.25, 0.3) is 5.91 Å². The number of halogens is 1. The topological polar surface area (TPSA) is 41.9 Å². The summed E-state index contributed by atoms with van der Waals surface area (Å²) in [5.74, 6) is 0.782. The Labute approximate surface area is 229 Å². The molecule has 0 bridgehead atoms. The minimum Gasteiger partial charge on any atom is -0.488 e. The van der Waals surface area contributed by atoms with Gasteiger partial charge in [-0.15, -0.1) is 0 Å². The van der Waals surface area contributed by atoms with Crippen LogP contribution in [0.2, 0.25) is 0 Å². The van der Waals surface area contributed by atoms with Gasteiger partial charge in [0, 0.05) is 4.47 Å². The Kier molecular flexibility index (Phi) is 7.58. The molecule has 0 atom stereocenters. The van der Waals surface area contributed by atoms with E-state index >= 15 is 0 Å². The van der Waals surface area contributed by atoms with E-state index in [4.69, 9.17) is 9.73 Å². The van der Waals surface area contributed by atoms with Crippen molar-refractivity contribution in [2.24, 2.45) is 4.99 Å². The molecule has 4 nitrogen and oxygen atoms in total. The first-order valence-corrected chi connectivity index (χ1v) is 13.5. The van der Waals surface area contributed by atoms with E-state index in [0.717, 1.165) is 43.9 Å². The number of thioether (sulfide) groups is 1. The molecule has 0 spiro atoms. The third kappa shape index (κ3) is 5.87. The first-order valence-electron chi connectivity index (χ1n) is 11.9. The Morgan fingerprint density at radius 3 is 2.16 bits per heavy atom. The summed E-state index contributed by atoms with van der Waals surface area (Å²) in [5, 5.41) is 0.636. The predicted molar refractivity (Wildman–Crippen MR) is 157 cm³/mol. The molecule has 1 amide bonds. The maximum Gasteiger partial charge on any atom is 0.271 e. The highest BCUT2D eigenvalue weighted by molar-refractivity contribution is 9.10. The van der Waals surface area contributed by atoms with Gasteiger partial charge in [-0.1, -0.05) is 64.5 Å². The van der Waals surface area contributed by atoms with Gasteiger partial charge in [-0.2, -0.15) is 0 Å². The lowest BCUT2D eigenvalue weighted by Crippen LogP contribution is -2.28. The van der Waals surface area contributed by atoms with E-state index < -0.39 is 0 Å². The lowest BCUT2D eigenvalue weighted by Gasteiger charge is -2.15. The van der Waals surface area contributed by atoms with E-state index in [1.807, 2.05) is 105 Å². The van der Waals surface area contributed by atoms with Crippen molar-refractivity contribution in [2.75, 3.05) is 4.90 Å². The monoisotopic (exact) mass is 568 g/mol. The number of anilines is 1. The molecule has 1 aliphatic rings. The number of amides is 1. The van der Waals surface area contributed by atoms with E-state index in [1.165, 1.54) is 11.8 Å². The van der Waals surface area contributed by atoms with Crippen LogP contribution < -0.4 is 9.64 Å². The summed E-state index contributed by atoms with van der Waals surface area (Å²) in [6.45, 7) is 4.57. The van der Waals surface area contributed by atoms with Crippen LogP contribution in [0.3, 0.4) is 0 Å². The van der Waals surface area contributed by atoms with Gasteiger partial charge in [-0.25, -0.2) is 4.99 Å². The Morgan fingerprint density at radius 1 is 0.892 bits per heavy atom. The number of aryl methyl sites for hydroxylation is 2. The number of nitrogens with zero attached hydrogens (tertiary/aromatic N) is 2. The van der Waals surface area contributed by atoms with Gasteiger partial charge in [0.2, 0.25) is 0 Å². The maximum atomic E-state index is 13.6. The zero-order chi connectivity index (χ0) is 25.8. The lowest BCUT2D eigenvalue weighted by molar-refractivity contribution is -0.113. The minimum absolute atomic E-state index is 0.0863. The smallest absolute Gasteiger partial charge is 0.271 e. The van der Waals surface area contributed by atoms with E-state index in [2.05, 4.69) is 28.1 Å². The van der Waals surface area contributed by atoms with Crippen molar-refractivity contribution in [1.82, 2.24) is 0 Å². The normalized spacial score (nSPS) is 15.5. The largest absolute Gasteiger partial charge is 0.488 e. The zero-order valence-corrected chi connectivity index (χ0v) is 22.9. The first kappa shape index (κ1) is 25.1. The van der Waals surface area contributed by atoms with Crippen molar-refractivity contribution in [3.63, 3.8) is 0 Å². The van der Waals surface area contributed by atoms with Crippen molar-refractivity contribution in [1.29, 1.82) is 0 Å². The predicted octanol–water partition coefficient (Wildman–Crippen LogP) is 8.45. The summed E-state index contributed by atoms with van der Waals surface area (Å²) >= 11 is 4.86. The molecular formula is C31H25BrN2O2S. The molecule has 6 heteroatoms. The standard InChI is InChI=1S/C31H25BrN2O2S/c1-21-17-24(18-22(2)29(21)36-20-23-13-15-25(32)16-14-23)19-28-30(35)34(27-11-7-4-8-12-27)31(37-28)33-26-9-5-3-6-10-26/h3-19H,20H2,1-2H3/b28-19-,33-31?. The van der Waals surface area contributed by atoms with E-state index in [-0.39, 0.29) is 5.91 Å². The number of hydrogen-bond acceptors (Lipinski definition) is 4. The average Bonchev–Trinajstić information content (AvgIpc) is 3.19. The lowest BCUT2D eigenvalue weighted by atomic mass is 10.0. The molecule has 0 aliphatic carbocycles. The van der Waals surface area contributed by atoms with Gasteiger partial charge in [-0.05, 0) is 102 Å². The Bertz CT molecular complexity index is 1460. The van der Waals surface area contributed by atoms with Crippen molar-refractivity contribution < 1.29 is 9.53 Å². The van der Waals surface area contributed by atoms with Crippen molar-refractivity contribution in [3.8, 4) is 5.75 Å². The summed E-state index contributed by atoms with van der Waals surface area (Å²) in [6.07, 6.45) is 1.94. The molecule has 4 aromatic rings. The number of rotatable bonds is 6. The van der Waals surface area contributed by atoms with E-state index in [0.29, 0.717) is 16.7 Å². The number of benzene rings is 4. The molecule has 1 saturated heterocycles. The van der Waals surface area contributed by atoms with E-state index in [9.17, 15) is 4.79 Å². The third-order valence-electron chi connectivity index (χ3n) is 5.88. The molecule has 184 valence electrons. The van der Waals surface area contributed by atoms with Gasteiger partial charge in [0.1, 0.15) is 12.4 Å². The van der Waals surface area contributed by atoms with Crippen LogP contribution in [0.5, 0.6) is 5.75 Å². The summed E-state index contributed by atoms with van der Waals surface area (Å²) in [6, 6.07) is 31.6. The average molecular weight is 570 g/mol. The van der Waals surface area contributed by atoms with Crippen LogP contribution in [0.25, 0.3) is 6.08 Å². The highest BCUT2D eigenvalue weighted by Gasteiger charge is 2.34. The molecule has 0 saturated carbocycles. The molecule has 0 radical (unpaired) electrons. The fourth-order valence-corrected chi connectivity index (χ4v) is 5.41. The Morgan fingerprint density at radius 2 is 1.51 bits per heavy atom. The van der Waals surface area contributed by atoms with Crippen LogP contribution >= 0.6 is 27.7 Å². The molecule has 0 N–H and O–H groups in total. The van der Waals surface area contributed by atoms with Crippen LogP contribution in [-0.2, 0) is 11.4 Å². The first-order chi connectivity index (χ1) is 18.0. The number of carbonyl (C=O) groups excluding carboxylic acids is 1. The van der Waals surface area contributed by atoms with Crippen LogP contribution in [0, 0.1) is 13.8 Å². The fourth-order valence-electron chi connectivity index (χ4n) is 4.15. The van der Waals surface area contributed by atoms with Crippen molar-refractivity contribution in [2.45, 2.75) is 20.5 Å². The van der Waals surface area contributed by atoms with Gasteiger partial charge >= 0.3 is 0 Å². The van der Waals surface area contributed by atoms with Crippen LogP contribution in [-0.4, -0.2) is 11.1 Å². The van der Waals surface area contributed by atoms with Gasteiger partial charge in [0.05, 0.1) is 16.3 Å². The molecule has 37 heavy (non-hydrogen) atoms. The number of carbonyl (C=O) groups is 1. The number of amidine groups is 1. The SMILES string of the molecule is Cc1cc(/C=C2\SC(=Nc3ccccc3)N(c3ccccc3)C2=O)cc(C)c1OCc1ccc(Br)cc1. The number of aliphatic imine (C=N–C) groups is 1. The van der Waals surface area contributed by atoms with Crippen LogP contribution in [0.15, 0.2) is 111 Å². The van der Waals surface area contributed by atoms with Crippen LogP contribution in [0.1, 0.15) is 22.3 Å². The second-order valence-electron chi connectivity index (χ2n) is 8.72. The maximum absolute atomic E-state index is 13.6. The molecule has 0 aromatic heterocycles. The molecule has 5 rings (SSSR count). The van der Waals surface area contributed by atoms with Gasteiger partial charge in [0.15, 0.2) is 5.17 Å². The molecule has 1 heterocycles. The summed E-state index contributed by atoms with van der Waals surface area (Å²) in [7, 11) is 0. The summed E-state index contributed by atoms with van der Waals surface area (Å²) < 4.78 is 7.21. The summed E-state index contributed by atoms with van der Waals surface area (Å²) in [5.41, 5.74) is 5.71. The number of ether oxygens (including phenoxy) is 1. The third-order valence-corrected chi connectivity index (χ3v) is 7.38. The van der Waals surface area contributed by atoms with E-state index in [1.54, 1.807) is 4.90 Å². The molecular weight excluding hydrogens is 544 g/mol. The summed E-state index contributed by atoms with van der Waals surface area (Å²) in [4.78, 5) is 20.7. The second kappa shape index (κ2) is 11.2. The highest BCUT2D eigenvalue weighted by Crippen LogP contribution is 2.38. The Balaban J connectivity index is 1.43. The Hall–Kier alpha value is -3.61. The molecule has 4 aromatic carbocycles. The van der Waals surface area contributed by atoms with Crippen molar-refractivity contribution in [3.05, 3.63) is 129 Å². The van der Waals surface area contributed by atoms with Gasteiger partial charge < -0.3 is 4.74 Å². The van der Waals surface area contributed by atoms with Crippen molar-refractivity contribution >= 4 is 56.2 Å². The van der Waals surface area contributed by atoms with Gasteiger partial charge in [-0.3, -0.25) is 9.69 Å². The minimum atomic E-state index is -0.0863. The highest BCUT2D eigenvalue weighted by atomic mass is 79.9. The second-order valence-corrected chi connectivity index (χ2v) is 10.6. The zero-order valence-electron chi connectivity index (χ0n) is 20.5. The fraction of sp³-hybridized carbons (Fsp3) is 0.0968. The van der Waals surface area contributed by atoms with Crippen LogP contribution in [0.4, 0.5) is 11.4 Å². The molecule has 1 fully saturated rings. The molecule has 0 unspecified atom stereocenters. The number of hydrogen-bond donors (Lipinski definition) is 0. The number of para-hydroxylation sites is 2. The quantitative estimate of drug-likeness (QED) is 0.219.